The summed E-state index contributed by atoms with van der Waals surface area (Å²) in [4.78, 5) is 0. The summed E-state index contributed by atoms with van der Waals surface area (Å²) in [7, 11) is 0. The van der Waals surface area contributed by atoms with Crippen molar-refractivity contribution in [1.29, 1.82) is 0 Å². The molecule has 12 rings (SSSR count). The van der Waals surface area contributed by atoms with Gasteiger partial charge in [-0.05, 0) is 92.0 Å². The number of hydrogen-bond acceptors (Lipinski definition) is 0. The molecule has 242 valence electrons. The van der Waals surface area contributed by atoms with E-state index in [0.29, 0.717) is 0 Å². The Labute approximate surface area is 301 Å². The van der Waals surface area contributed by atoms with Gasteiger partial charge < -0.3 is 9.13 Å². The fraction of sp³-hybridized carbons (Fsp3) is 0.0400. The summed E-state index contributed by atoms with van der Waals surface area (Å²) in [5, 5.41) is 5.21. The maximum atomic E-state index is 2.54. The molecule has 2 heterocycles. The van der Waals surface area contributed by atoms with E-state index >= 15 is 0 Å². The Hall–Kier alpha value is -6.64. The molecule has 0 saturated carbocycles. The van der Waals surface area contributed by atoms with Crippen LogP contribution in [0.4, 0.5) is 0 Å². The third kappa shape index (κ3) is 3.68. The fourth-order valence-electron chi connectivity index (χ4n) is 9.70. The van der Waals surface area contributed by atoms with Crippen molar-refractivity contribution in [2.45, 2.75) is 12.8 Å². The number of fused-ring (bicyclic) bond motifs is 13. The van der Waals surface area contributed by atoms with Gasteiger partial charge in [-0.1, -0.05) is 133 Å². The summed E-state index contributed by atoms with van der Waals surface area (Å²) in [6, 6.07) is 63.0. The van der Waals surface area contributed by atoms with Gasteiger partial charge in [0, 0.05) is 34.4 Å². The summed E-state index contributed by atoms with van der Waals surface area (Å²) in [5.74, 6) is 0. The molecule has 10 aromatic rings. The van der Waals surface area contributed by atoms with Crippen LogP contribution >= 0.6 is 0 Å². The van der Waals surface area contributed by atoms with Gasteiger partial charge in [-0.2, -0.15) is 0 Å². The van der Waals surface area contributed by atoms with Crippen LogP contribution in [-0.4, -0.2) is 9.13 Å². The second kappa shape index (κ2) is 10.4. The molecule has 0 atom stereocenters. The topological polar surface area (TPSA) is 9.86 Å². The van der Waals surface area contributed by atoms with E-state index in [9.17, 15) is 0 Å². The monoisotopic (exact) mass is 660 g/mol. The summed E-state index contributed by atoms with van der Waals surface area (Å²) < 4.78 is 5.07. The zero-order valence-corrected chi connectivity index (χ0v) is 28.5. The molecule has 0 aliphatic heterocycles. The van der Waals surface area contributed by atoms with Gasteiger partial charge in [-0.25, -0.2) is 0 Å². The lowest BCUT2D eigenvalue weighted by molar-refractivity contribution is 1.12. The first-order chi connectivity index (χ1) is 25.8. The van der Waals surface area contributed by atoms with Crippen LogP contribution in [0.2, 0.25) is 0 Å². The Morgan fingerprint density at radius 3 is 1.46 bits per heavy atom. The van der Waals surface area contributed by atoms with Gasteiger partial charge >= 0.3 is 0 Å². The van der Waals surface area contributed by atoms with E-state index in [0.717, 1.165) is 12.8 Å². The molecule has 0 radical (unpaired) electrons. The van der Waals surface area contributed by atoms with E-state index in [1.165, 1.54) is 111 Å². The lowest BCUT2D eigenvalue weighted by Gasteiger charge is -2.14. The van der Waals surface area contributed by atoms with Crippen molar-refractivity contribution in [2.24, 2.45) is 0 Å². The van der Waals surface area contributed by atoms with Crippen LogP contribution in [0, 0.1) is 0 Å². The first kappa shape index (κ1) is 28.1. The maximum absolute atomic E-state index is 2.54. The zero-order valence-electron chi connectivity index (χ0n) is 28.5. The Morgan fingerprint density at radius 2 is 0.788 bits per heavy atom. The maximum Gasteiger partial charge on any atom is 0.0549 e. The van der Waals surface area contributed by atoms with Crippen LogP contribution in [0.25, 0.3) is 88.4 Å². The Morgan fingerprint density at radius 1 is 0.308 bits per heavy atom. The minimum atomic E-state index is 0.906. The smallest absolute Gasteiger partial charge is 0.0549 e. The molecule has 0 unspecified atom stereocenters. The highest BCUT2D eigenvalue weighted by Gasteiger charge is 2.28. The number of benzene rings is 8. The van der Waals surface area contributed by atoms with E-state index in [1.807, 2.05) is 0 Å². The van der Waals surface area contributed by atoms with Crippen LogP contribution in [-0.2, 0) is 12.8 Å². The van der Waals surface area contributed by atoms with Gasteiger partial charge in [-0.3, -0.25) is 0 Å². The highest BCUT2D eigenvalue weighted by atomic mass is 15.0. The first-order valence-electron chi connectivity index (χ1n) is 18.3. The second-order valence-electron chi connectivity index (χ2n) is 14.4. The van der Waals surface area contributed by atoms with Crippen molar-refractivity contribution in [2.75, 3.05) is 0 Å². The third-order valence-corrected chi connectivity index (χ3v) is 11.8. The molecule has 0 bridgehead atoms. The number of rotatable bonds is 3. The Kier molecular flexibility index (Phi) is 5.64. The predicted octanol–water partition coefficient (Wildman–Crippen LogP) is 12.7. The molecule has 2 aliphatic carbocycles. The van der Waals surface area contributed by atoms with Crippen LogP contribution in [0.3, 0.4) is 0 Å². The van der Waals surface area contributed by atoms with Gasteiger partial charge in [0.15, 0.2) is 0 Å². The molecule has 0 fully saturated rings. The molecule has 0 amide bonds. The van der Waals surface area contributed by atoms with Gasteiger partial charge in [-0.15, -0.1) is 0 Å². The summed E-state index contributed by atoms with van der Waals surface area (Å²) >= 11 is 0. The second-order valence-corrected chi connectivity index (χ2v) is 14.4. The van der Waals surface area contributed by atoms with E-state index in [2.05, 4.69) is 179 Å². The van der Waals surface area contributed by atoms with Gasteiger partial charge in [0.25, 0.3) is 0 Å². The van der Waals surface area contributed by atoms with E-state index in [-0.39, 0.29) is 0 Å². The van der Waals surface area contributed by atoms with Crippen LogP contribution in [0.1, 0.15) is 22.3 Å². The van der Waals surface area contributed by atoms with Crippen molar-refractivity contribution < 1.29 is 0 Å². The molecule has 52 heavy (non-hydrogen) atoms. The normalized spacial score (nSPS) is 12.8. The standard InChI is InChI=1S/C50H32N2/c1-2-13-31(14-3-1)33-19-10-20-36-37-22-12-26-46(42(37)30-40(33)36)52-44-24-9-7-18-39(44)50-48(52)28-27-47-49(50)38-17-6-8-23-43(38)51(47)45-25-11-21-35-34-16-5-4-15-32(34)29-41(35)45/h1-28H,29-30H2. The third-order valence-electron chi connectivity index (χ3n) is 11.8. The predicted molar refractivity (Wildman–Crippen MR) is 217 cm³/mol. The van der Waals surface area contributed by atoms with E-state index in [4.69, 9.17) is 0 Å². The summed E-state index contributed by atoms with van der Waals surface area (Å²) in [6.45, 7) is 0. The number of nitrogens with zero attached hydrogens (tertiary/aromatic N) is 2. The first-order valence-corrected chi connectivity index (χ1v) is 18.3. The van der Waals surface area contributed by atoms with Crippen LogP contribution in [0.5, 0.6) is 0 Å². The van der Waals surface area contributed by atoms with E-state index < -0.39 is 0 Å². The van der Waals surface area contributed by atoms with Crippen molar-refractivity contribution >= 4 is 43.6 Å². The molecule has 2 aromatic heterocycles. The van der Waals surface area contributed by atoms with Gasteiger partial charge in [0.2, 0.25) is 0 Å². The summed E-state index contributed by atoms with van der Waals surface area (Å²) in [5.41, 5.74) is 21.1. The van der Waals surface area contributed by atoms with Crippen molar-refractivity contribution in [3.05, 3.63) is 192 Å². The summed E-state index contributed by atoms with van der Waals surface area (Å²) in [6.07, 6.45) is 1.85. The van der Waals surface area contributed by atoms with Crippen LogP contribution in [0.15, 0.2) is 170 Å². The molecule has 2 heteroatoms. The largest absolute Gasteiger partial charge is 0.309 e. The lowest BCUT2D eigenvalue weighted by atomic mass is 9.96. The minimum Gasteiger partial charge on any atom is -0.309 e. The fourth-order valence-corrected chi connectivity index (χ4v) is 9.70. The van der Waals surface area contributed by atoms with Gasteiger partial charge in [0.05, 0.1) is 33.4 Å². The SMILES string of the molecule is c1ccc(-c2cccc3c2Cc2c-3cccc2-n2c3ccccc3c3c4c5ccccc5n(-c5cccc6c5Cc5ccccc5-6)c4ccc32)cc1. The van der Waals surface area contributed by atoms with Crippen LogP contribution < -0.4 is 0 Å². The van der Waals surface area contributed by atoms with Gasteiger partial charge in [0.1, 0.15) is 0 Å². The molecule has 0 N–H and O–H groups in total. The highest BCUT2D eigenvalue weighted by molar-refractivity contribution is 6.29. The quantitative estimate of drug-likeness (QED) is 0.178. The number of para-hydroxylation sites is 2. The minimum absolute atomic E-state index is 0.906. The zero-order chi connectivity index (χ0) is 33.9. The molecular formula is C50H32N2. The molecule has 2 nitrogen and oxygen atoms in total. The molecule has 8 aromatic carbocycles. The number of aromatic nitrogens is 2. The molecule has 0 saturated heterocycles. The average Bonchev–Trinajstić information content (AvgIpc) is 3.96. The lowest BCUT2D eigenvalue weighted by Crippen LogP contribution is -2.00. The molecular weight excluding hydrogens is 629 g/mol. The number of hydrogen-bond donors (Lipinski definition) is 0. The Bertz CT molecular complexity index is 3120. The average molecular weight is 661 g/mol. The van der Waals surface area contributed by atoms with Crippen molar-refractivity contribution in [3.8, 4) is 44.8 Å². The Balaban J connectivity index is 1.13. The van der Waals surface area contributed by atoms with Crippen molar-refractivity contribution in [3.63, 3.8) is 0 Å². The van der Waals surface area contributed by atoms with Crippen molar-refractivity contribution in [1.82, 2.24) is 9.13 Å². The highest BCUT2D eigenvalue weighted by Crippen LogP contribution is 2.48. The molecule has 2 aliphatic rings. The van der Waals surface area contributed by atoms with E-state index in [1.54, 1.807) is 0 Å². The molecule has 0 spiro atoms.